The summed E-state index contributed by atoms with van der Waals surface area (Å²) in [6.07, 6.45) is 0.507. The molecule has 2 aromatic carbocycles. The van der Waals surface area contributed by atoms with Gasteiger partial charge in [-0.25, -0.2) is 22.9 Å². The van der Waals surface area contributed by atoms with Crippen LogP contribution in [-0.4, -0.2) is 83.8 Å². The lowest BCUT2D eigenvalue weighted by Gasteiger charge is -2.39. The minimum Gasteiger partial charge on any atom is -0.396 e. The Hall–Kier alpha value is -4.71. The molecule has 1 aromatic heterocycles. The Morgan fingerprint density at radius 1 is 1.17 bits per heavy atom. The number of nitrogens with zero attached hydrogens (tertiary/aromatic N) is 5. The van der Waals surface area contributed by atoms with E-state index in [1.807, 2.05) is 6.07 Å². The molecule has 1 saturated carbocycles. The molecule has 4 amide bonds. The normalized spacial score (nSPS) is 17.8. The number of alkyl halides is 2. The summed E-state index contributed by atoms with van der Waals surface area (Å²) in [4.78, 5) is 50.5. The number of halogens is 4. The third kappa shape index (κ3) is 7.70. The zero-order valence-corrected chi connectivity index (χ0v) is 26.3. The van der Waals surface area contributed by atoms with Crippen LogP contribution in [0.4, 0.5) is 29.5 Å². The van der Waals surface area contributed by atoms with Gasteiger partial charge in [-0.05, 0) is 42.8 Å². The minimum atomic E-state index is -2.95. The van der Waals surface area contributed by atoms with Crippen LogP contribution in [0.3, 0.4) is 0 Å². The van der Waals surface area contributed by atoms with E-state index in [0.29, 0.717) is 6.42 Å². The van der Waals surface area contributed by atoms with E-state index in [9.17, 15) is 32.8 Å². The molecule has 252 valence electrons. The zero-order valence-electron chi connectivity index (χ0n) is 25.6. The lowest BCUT2D eigenvalue weighted by molar-refractivity contribution is -0.133. The lowest BCUT2D eigenvalue weighted by Crippen LogP contribution is -2.56. The summed E-state index contributed by atoms with van der Waals surface area (Å²) in [5.41, 5.74) is 0.239. The van der Waals surface area contributed by atoms with Crippen molar-refractivity contribution in [2.45, 2.75) is 43.3 Å². The first-order valence-corrected chi connectivity index (χ1v) is 15.5. The van der Waals surface area contributed by atoms with Crippen molar-refractivity contribution in [2.75, 3.05) is 42.7 Å². The second-order valence-electron chi connectivity index (χ2n) is 11.4. The van der Waals surface area contributed by atoms with Gasteiger partial charge in [-0.3, -0.25) is 19.4 Å². The maximum atomic E-state index is 14.9. The van der Waals surface area contributed by atoms with E-state index in [2.05, 4.69) is 10.3 Å². The number of pyridine rings is 1. The van der Waals surface area contributed by atoms with Crippen molar-refractivity contribution in [3.8, 4) is 6.07 Å². The molecule has 2 fully saturated rings. The van der Waals surface area contributed by atoms with Crippen LogP contribution in [0.25, 0.3) is 0 Å². The van der Waals surface area contributed by atoms with Gasteiger partial charge < -0.3 is 20.1 Å². The average molecular weight is 685 g/mol. The largest absolute Gasteiger partial charge is 0.396 e. The number of carbonyl (C=O) groups is 3. The number of hydrogen-bond acceptors (Lipinski definition) is 7. The number of aromatic nitrogens is 1. The highest BCUT2D eigenvalue weighted by atomic mass is 35.5. The molecule has 1 aliphatic heterocycles. The van der Waals surface area contributed by atoms with Crippen LogP contribution >= 0.6 is 11.6 Å². The summed E-state index contributed by atoms with van der Waals surface area (Å²) in [6, 6.07) is 11.4. The molecule has 1 aliphatic carbocycles. The summed E-state index contributed by atoms with van der Waals surface area (Å²) in [6.45, 7) is 0.0820. The summed E-state index contributed by atoms with van der Waals surface area (Å²) in [5, 5.41) is 21.2. The van der Waals surface area contributed by atoms with Crippen molar-refractivity contribution in [1.29, 1.82) is 5.26 Å². The van der Waals surface area contributed by atoms with E-state index in [1.54, 1.807) is 12.1 Å². The van der Waals surface area contributed by atoms with Crippen LogP contribution in [0.2, 0.25) is 5.02 Å². The third-order valence-electron chi connectivity index (χ3n) is 8.01. The first-order chi connectivity index (χ1) is 23.0. The smallest absolute Gasteiger partial charge is 0.326 e. The monoisotopic (exact) mass is 684 g/mol. The molecule has 48 heavy (non-hydrogen) atoms. The van der Waals surface area contributed by atoms with E-state index >= 15 is 0 Å². The first kappa shape index (κ1) is 34.6. The molecule has 0 spiro atoms. The first-order valence-electron chi connectivity index (χ1n) is 15.2. The number of anilines is 2. The molecule has 11 nitrogen and oxygen atoms in total. The molecule has 15 heteroatoms. The minimum absolute atomic E-state index is 0.0178. The van der Waals surface area contributed by atoms with Crippen molar-refractivity contribution in [3.05, 3.63) is 88.8 Å². The van der Waals surface area contributed by atoms with E-state index in [-0.39, 0.29) is 60.6 Å². The van der Waals surface area contributed by atoms with Crippen LogP contribution < -0.4 is 15.1 Å². The van der Waals surface area contributed by atoms with Gasteiger partial charge in [0.15, 0.2) is 0 Å². The molecule has 2 heterocycles. The highest BCUT2D eigenvalue weighted by Crippen LogP contribution is 2.39. The summed E-state index contributed by atoms with van der Waals surface area (Å²) in [7, 11) is 0. The number of urea groups is 1. The number of aliphatic hydroxyl groups excluding tert-OH is 1. The molecular formula is C33H32ClF3N6O5. The number of aliphatic hydroxyl groups is 1. The highest BCUT2D eigenvalue weighted by Gasteiger charge is 2.50. The number of amides is 4. The third-order valence-corrected chi connectivity index (χ3v) is 8.35. The van der Waals surface area contributed by atoms with Gasteiger partial charge >= 0.3 is 6.03 Å². The number of nitriles is 1. The van der Waals surface area contributed by atoms with Crippen LogP contribution in [-0.2, 0) is 14.3 Å². The van der Waals surface area contributed by atoms with Crippen LogP contribution in [0.15, 0.2) is 66.9 Å². The van der Waals surface area contributed by atoms with Gasteiger partial charge in [0.1, 0.15) is 23.7 Å². The standard InChI is InChI=1S/C33H32ClF3N6O5/c34-26-8-2-1-7-25(26)29(30(45)40-23-17-33(36,37)18-23)42(24-6-3-5-22(35)16-24)31(46)27-20-41(11-14-48-13-4-12-44)32(47)43(27)28-15-21(19-38)9-10-39-28/h1-3,5-10,15-16,23,27,29,44H,4,11-14,17-18,20H2,(H,40,45)/t27-,29?/m0/s1. The van der Waals surface area contributed by atoms with Gasteiger partial charge in [0.25, 0.3) is 11.8 Å². The SMILES string of the molecule is N#Cc1ccnc(N2C(=O)N(CCOCCCO)C[C@H]2C(=O)N(c2cccc(F)c2)C(C(=O)NC2CC(F)(F)C2)c2ccccc2Cl)c1. The summed E-state index contributed by atoms with van der Waals surface area (Å²) >= 11 is 6.56. The van der Waals surface area contributed by atoms with Crippen molar-refractivity contribution in [3.63, 3.8) is 0 Å². The van der Waals surface area contributed by atoms with Crippen LogP contribution in [0.1, 0.15) is 36.4 Å². The van der Waals surface area contributed by atoms with E-state index in [4.69, 9.17) is 21.4 Å². The molecular weight excluding hydrogens is 653 g/mol. The van der Waals surface area contributed by atoms with Crippen molar-refractivity contribution >= 4 is 41.0 Å². The fourth-order valence-electron chi connectivity index (χ4n) is 5.68. The van der Waals surface area contributed by atoms with Gasteiger partial charge in [-0.2, -0.15) is 5.26 Å². The van der Waals surface area contributed by atoms with Gasteiger partial charge in [0.05, 0.1) is 24.8 Å². The van der Waals surface area contributed by atoms with Crippen molar-refractivity contribution in [2.24, 2.45) is 0 Å². The summed E-state index contributed by atoms with van der Waals surface area (Å²) in [5.74, 6) is -5.37. The van der Waals surface area contributed by atoms with Crippen molar-refractivity contribution < 1.29 is 37.4 Å². The van der Waals surface area contributed by atoms with E-state index in [0.717, 1.165) is 21.9 Å². The number of rotatable bonds is 13. The lowest BCUT2D eigenvalue weighted by atomic mass is 9.87. The molecule has 5 rings (SSSR count). The molecule has 2 atom stereocenters. The molecule has 1 unspecified atom stereocenters. The van der Waals surface area contributed by atoms with Crippen molar-refractivity contribution in [1.82, 2.24) is 15.2 Å². The molecule has 1 saturated heterocycles. The number of carbonyl (C=O) groups excluding carboxylic acids is 3. The Bertz CT molecular complexity index is 1700. The van der Waals surface area contributed by atoms with Gasteiger partial charge in [0.2, 0.25) is 5.91 Å². The second-order valence-corrected chi connectivity index (χ2v) is 11.8. The van der Waals surface area contributed by atoms with Crippen LogP contribution in [0, 0.1) is 17.1 Å². The fraction of sp³-hybridized carbons (Fsp3) is 0.364. The average Bonchev–Trinajstić information content (AvgIpc) is 3.38. The van der Waals surface area contributed by atoms with Gasteiger partial charge in [-0.1, -0.05) is 35.9 Å². The molecule has 0 bridgehead atoms. The van der Waals surface area contributed by atoms with Gasteiger partial charge in [0, 0.05) is 61.1 Å². The number of nitrogens with one attached hydrogen (secondary N) is 1. The maximum Gasteiger partial charge on any atom is 0.326 e. The summed E-state index contributed by atoms with van der Waals surface area (Å²) < 4.78 is 47.8. The predicted molar refractivity (Wildman–Crippen MR) is 169 cm³/mol. The molecule has 2 aliphatic rings. The fourth-order valence-corrected chi connectivity index (χ4v) is 5.92. The number of hydrogen-bond donors (Lipinski definition) is 2. The zero-order chi connectivity index (χ0) is 34.4. The Kier molecular flexibility index (Phi) is 10.8. The number of benzene rings is 2. The second kappa shape index (κ2) is 15.0. The molecule has 2 N–H and O–H groups in total. The Labute approximate surface area is 279 Å². The predicted octanol–water partition coefficient (Wildman–Crippen LogP) is 4.44. The van der Waals surface area contributed by atoms with E-state index < -0.39 is 60.6 Å². The van der Waals surface area contributed by atoms with Crippen LogP contribution in [0.5, 0.6) is 0 Å². The topological polar surface area (TPSA) is 139 Å². The molecule has 3 aromatic rings. The quantitative estimate of drug-likeness (QED) is 0.254. The Morgan fingerprint density at radius 2 is 1.94 bits per heavy atom. The molecule has 0 radical (unpaired) electrons. The Balaban J connectivity index is 1.58. The highest BCUT2D eigenvalue weighted by molar-refractivity contribution is 6.31. The Morgan fingerprint density at radius 3 is 2.62 bits per heavy atom. The van der Waals surface area contributed by atoms with Gasteiger partial charge in [-0.15, -0.1) is 0 Å². The number of ether oxygens (including phenoxy) is 1. The maximum absolute atomic E-state index is 14.9. The van der Waals surface area contributed by atoms with E-state index in [1.165, 1.54) is 47.5 Å².